The van der Waals surface area contributed by atoms with Gasteiger partial charge in [-0.2, -0.15) is 5.21 Å². The second-order valence-corrected chi connectivity index (χ2v) is 3.96. The maximum absolute atomic E-state index is 10.8. The fourth-order valence-corrected chi connectivity index (χ4v) is 1.59. The van der Waals surface area contributed by atoms with Gasteiger partial charge in [0.2, 0.25) is 5.82 Å². The number of hydrogen-bond donors (Lipinski definition) is 2. The molecular formula is C10H10ClN5O2. The lowest BCUT2D eigenvalue weighted by Crippen LogP contribution is -2.20. The van der Waals surface area contributed by atoms with Gasteiger partial charge in [0.25, 0.3) is 0 Å². The Morgan fingerprint density at radius 1 is 1.44 bits per heavy atom. The first-order valence-electron chi connectivity index (χ1n) is 5.09. The summed E-state index contributed by atoms with van der Waals surface area (Å²) in [4.78, 5) is 10.8. The number of H-pyrrole nitrogens is 1. The van der Waals surface area contributed by atoms with E-state index in [-0.39, 0.29) is 5.82 Å². The Balaban J connectivity index is 2.15. The van der Waals surface area contributed by atoms with Gasteiger partial charge in [0.15, 0.2) is 6.10 Å². The average molecular weight is 268 g/mol. The van der Waals surface area contributed by atoms with Crippen molar-refractivity contribution < 1.29 is 9.53 Å². The van der Waals surface area contributed by atoms with Crippen LogP contribution in [0.4, 0.5) is 4.79 Å². The van der Waals surface area contributed by atoms with Crippen LogP contribution in [0, 0.1) is 0 Å². The Bertz CT molecular complexity index is 514. The van der Waals surface area contributed by atoms with Gasteiger partial charge in [-0.05, 0) is 17.7 Å². The van der Waals surface area contributed by atoms with Crippen LogP contribution in [-0.4, -0.2) is 26.7 Å². The van der Waals surface area contributed by atoms with E-state index in [4.69, 9.17) is 22.1 Å². The molecule has 18 heavy (non-hydrogen) atoms. The topological polar surface area (TPSA) is 107 Å². The molecule has 0 saturated carbocycles. The van der Waals surface area contributed by atoms with Crippen LogP contribution < -0.4 is 5.73 Å². The summed E-state index contributed by atoms with van der Waals surface area (Å²) in [6.45, 7) is 0. The predicted octanol–water partition coefficient (Wildman–Crippen LogP) is 1.23. The van der Waals surface area contributed by atoms with Crippen LogP contribution in [0.5, 0.6) is 0 Å². The summed E-state index contributed by atoms with van der Waals surface area (Å²) in [6, 6.07) is 7.13. The largest absolute Gasteiger partial charge is 0.438 e. The monoisotopic (exact) mass is 267 g/mol. The molecule has 3 N–H and O–H groups in total. The van der Waals surface area contributed by atoms with Crippen LogP contribution in [0.15, 0.2) is 24.3 Å². The molecule has 2 rings (SSSR count). The number of carbonyl (C=O) groups excluding carboxylic acids is 1. The third-order valence-electron chi connectivity index (χ3n) is 2.24. The molecular weight excluding hydrogens is 258 g/mol. The summed E-state index contributed by atoms with van der Waals surface area (Å²) in [5.74, 6) is 0.267. The van der Waals surface area contributed by atoms with Crippen molar-refractivity contribution in [1.82, 2.24) is 20.6 Å². The molecule has 94 valence electrons. The number of hydrogen-bond acceptors (Lipinski definition) is 5. The second kappa shape index (κ2) is 5.46. The first-order chi connectivity index (χ1) is 8.65. The summed E-state index contributed by atoms with van der Waals surface area (Å²) in [5.41, 5.74) is 5.92. The van der Waals surface area contributed by atoms with Crippen molar-refractivity contribution in [2.24, 2.45) is 5.73 Å². The number of tetrazole rings is 1. The number of nitrogens with two attached hydrogens (primary N) is 1. The molecule has 1 heterocycles. The number of nitrogens with one attached hydrogen (secondary N) is 1. The van der Waals surface area contributed by atoms with Gasteiger partial charge in [-0.3, -0.25) is 0 Å². The van der Waals surface area contributed by atoms with Crippen LogP contribution in [0.25, 0.3) is 0 Å². The highest BCUT2D eigenvalue weighted by Gasteiger charge is 2.20. The molecule has 8 heteroatoms. The van der Waals surface area contributed by atoms with Crippen molar-refractivity contribution in [2.75, 3.05) is 0 Å². The van der Waals surface area contributed by atoms with Gasteiger partial charge < -0.3 is 10.5 Å². The minimum Gasteiger partial charge on any atom is -0.438 e. The highest BCUT2D eigenvalue weighted by Crippen LogP contribution is 2.19. The molecule has 0 saturated heterocycles. The van der Waals surface area contributed by atoms with Crippen LogP contribution >= 0.6 is 11.6 Å². The van der Waals surface area contributed by atoms with Crippen molar-refractivity contribution in [3.8, 4) is 0 Å². The van der Waals surface area contributed by atoms with Gasteiger partial charge in [-0.25, -0.2) is 4.79 Å². The van der Waals surface area contributed by atoms with Crippen molar-refractivity contribution in [2.45, 2.75) is 12.5 Å². The number of rotatable bonds is 4. The van der Waals surface area contributed by atoms with Crippen molar-refractivity contribution in [3.05, 3.63) is 40.7 Å². The van der Waals surface area contributed by atoms with Crippen LogP contribution in [-0.2, 0) is 11.2 Å². The normalized spacial score (nSPS) is 12.1. The van der Waals surface area contributed by atoms with E-state index < -0.39 is 12.2 Å². The summed E-state index contributed by atoms with van der Waals surface area (Å²) >= 11 is 5.79. The molecule has 1 aromatic carbocycles. The summed E-state index contributed by atoms with van der Waals surface area (Å²) < 4.78 is 4.95. The van der Waals surface area contributed by atoms with E-state index in [0.717, 1.165) is 5.56 Å². The molecule has 7 nitrogen and oxygen atoms in total. The van der Waals surface area contributed by atoms with Crippen LogP contribution in [0.3, 0.4) is 0 Å². The third-order valence-corrected chi connectivity index (χ3v) is 2.49. The molecule has 1 atom stereocenters. The Hall–Kier alpha value is -2.15. The van der Waals surface area contributed by atoms with Crippen molar-refractivity contribution >= 4 is 17.7 Å². The number of halogens is 1. The molecule has 0 fully saturated rings. The van der Waals surface area contributed by atoms with Crippen LogP contribution in [0.1, 0.15) is 17.5 Å². The smallest absolute Gasteiger partial charge is 0.405 e. The van der Waals surface area contributed by atoms with Gasteiger partial charge in [0, 0.05) is 11.4 Å². The molecule has 0 aliphatic rings. The van der Waals surface area contributed by atoms with Gasteiger partial charge >= 0.3 is 6.09 Å². The van der Waals surface area contributed by atoms with Crippen LogP contribution in [0.2, 0.25) is 5.02 Å². The molecule has 0 unspecified atom stereocenters. The summed E-state index contributed by atoms with van der Waals surface area (Å²) in [7, 11) is 0. The molecule has 1 amide bonds. The number of aromatic nitrogens is 4. The van der Waals surface area contributed by atoms with E-state index >= 15 is 0 Å². The minimum atomic E-state index is -0.890. The van der Waals surface area contributed by atoms with E-state index in [2.05, 4.69) is 20.6 Å². The zero-order chi connectivity index (χ0) is 13.0. The summed E-state index contributed by atoms with van der Waals surface area (Å²) in [6.07, 6.45) is -1.18. The van der Waals surface area contributed by atoms with Crippen molar-refractivity contribution in [1.29, 1.82) is 0 Å². The number of carbonyl (C=O) groups is 1. The minimum absolute atomic E-state index is 0.267. The Morgan fingerprint density at radius 3 is 2.72 bits per heavy atom. The molecule has 2 aromatic rings. The Labute approximate surface area is 107 Å². The summed E-state index contributed by atoms with van der Waals surface area (Å²) in [5, 5.41) is 13.9. The zero-order valence-electron chi connectivity index (χ0n) is 9.21. The quantitative estimate of drug-likeness (QED) is 0.866. The first kappa shape index (κ1) is 12.3. The number of ether oxygens (including phenoxy) is 1. The zero-order valence-corrected chi connectivity index (χ0v) is 9.96. The molecule has 0 aliphatic heterocycles. The van der Waals surface area contributed by atoms with Gasteiger partial charge in [0.1, 0.15) is 0 Å². The maximum atomic E-state index is 10.8. The van der Waals surface area contributed by atoms with E-state index in [0.29, 0.717) is 11.4 Å². The second-order valence-electron chi connectivity index (χ2n) is 3.53. The fourth-order valence-electron chi connectivity index (χ4n) is 1.47. The SMILES string of the molecule is NC(=O)O[C@@H](Cc1ccc(Cl)cc1)c1nn[nH]n1. The van der Waals surface area contributed by atoms with E-state index in [9.17, 15) is 4.79 Å². The third kappa shape index (κ3) is 3.17. The fraction of sp³-hybridized carbons (Fsp3) is 0.200. The Morgan fingerprint density at radius 2 is 2.17 bits per heavy atom. The Kier molecular flexibility index (Phi) is 3.73. The molecule has 0 aliphatic carbocycles. The molecule has 1 aromatic heterocycles. The standard InChI is InChI=1S/C10H10ClN5O2/c11-7-3-1-6(2-4-7)5-8(18-10(12)17)9-13-15-16-14-9/h1-4,8H,5H2,(H2,12,17)(H,13,14,15,16)/t8-/m0/s1. The van der Waals surface area contributed by atoms with Crippen molar-refractivity contribution in [3.63, 3.8) is 0 Å². The number of nitrogens with zero attached hydrogens (tertiary/aromatic N) is 3. The van der Waals surface area contributed by atoms with Gasteiger partial charge in [-0.1, -0.05) is 28.9 Å². The van der Waals surface area contributed by atoms with Gasteiger partial charge in [0.05, 0.1) is 0 Å². The lowest BCUT2D eigenvalue weighted by molar-refractivity contribution is 0.101. The number of benzene rings is 1. The highest BCUT2D eigenvalue weighted by molar-refractivity contribution is 6.30. The molecule has 0 bridgehead atoms. The number of amides is 1. The van der Waals surface area contributed by atoms with E-state index in [1.165, 1.54) is 0 Å². The van der Waals surface area contributed by atoms with E-state index in [1.54, 1.807) is 12.1 Å². The lowest BCUT2D eigenvalue weighted by atomic mass is 10.1. The molecule has 0 spiro atoms. The van der Waals surface area contributed by atoms with E-state index in [1.807, 2.05) is 12.1 Å². The number of primary amides is 1. The van der Waals surface area contributed by atoms with Gasteiger partial charge in [-0.15, -0.1) is 10.2 Å². The molecule has 0 radical (unpaired) electrons. The maximum Gasteiger partial charge on any atom is 0.405 e. The lowest BCUT2D eigenvalue weighted by Gasteiger charge is -2.12. The first-order valence-corrected chi connectivity index (χ1v) is 5.47. The average Bonchev–Trinajstić information content (AvgIpc) is 2.84. The number of aromatic amines is 1. The predicted molar refractivity (Wildman–Crippen MR) is 62.7 cm³/mol. The highest BCUT2D eigenvalue weighted by atomic mass is 35.5.